The van der Waals surface area contributed by atoms with E-state index in [0.717, 1.165) is 10.8 Å². The number of para-hydroxylation sites is 1. The van der Waals surface area contributed by atoms with Gasteiger partial charge in [-0.05, 0) is 42.0 Å². The van der Waals surface area contributed by atoms with Gasteiger partial charge in [0.2, 0.25) is 0 Å². The van der Waals surface area contributed by atoms with Crippen molar-refractivity contribution in [2.75, 3.05) is 6.61 Å². The summed E-state index contributed by atoms with van der Waals surface area (Å²) in [5, 5.41) is 11.1. The number of amides is 2. The highest BCUT2D eigenvalue weighted by Crippen LogP contribution is 2.21. The quantitative estimate of drug-likeness (QED) is 0.632. The first-order valence-corrected chi connectivity index (χ1v) is 8.93. The first kappa shape index (κ1) is 19.7. The van der Waals surface area contributed by atoms with Gasteiger partial charge in [-0.2, -0.15) is 5.26 Å². The molecular weight excluding hydrogens is 370 g/mol. The van der Waals surface area contributed by atoms with E-state index in [1.54, 1.807) is 37.3 Å². The molecular formula is C22H19N3O4. The van der Waals surface area contributed by atoms with Crippen LogP contribution in [0.1, 0.15) is 12.5 Å². The van der Waals surface area contributed by atoms with Crippen molar-refractivity contribution >= 4 is 22.6 Å². The van der Waals surface area contributed by atoms with Crippen molar-refractivity contribution in [1.82, 2.24) is 10.9 Å². The van der Waals surface area contributed by atoms with Gasteiger partial charge in [0.25, 0.3) is 11.8 Å². The van der Waals surface area contributed by atoms with E-state index >= 15 is 0 Å². The van der Waals surface area contributed by atoms with Gasteiger partial charge in [0.15, 0.2) is 12.7 Å². The number of benzene rings is 3. The summed E-state index contributed by atoms with van der Waals surface area (Å²) < 4.78 is 10.9. The molecule has 0 bridgehead atoms. The molecule has 0 spiro atoms. The predicted molar refractivity (Wildman–Crippen MR) is 107 cm³/mol. The lowest BCUT2D eigenvalue weighted by Gasteiger charge is -2.15. The molecule has 2 N–H and O–H groups in total. The summed E-state index contributed by atoms with van der Waals surface area (Å²) in [7, 11) is 0. The van der Waals surface area contributed by atoms with Crippen LogP contribution in [0.3, 0.4) is 0 Å². The van der Waals surface area contributed by atoms with Gasteiger partial charge in [-0.1, -0.05) is 42.5 Å². The number of fused-ring (bicyclic) bond motifs is 1. The molecule has 0 aromatic heterocycles. The number of nitrogens with zero attached hydrogens (tertiary/aromatic N) is 1. The minimum atomic E-state index is -0.823. The van der Waals surface area contributed by atoms with Gasteiger partial charge < -0.3 is 9.47 Å². The van der Waals surface area contributed by atoms with Crippen molar-refractivity contribution in [1.29, 1.82) is 5.26 Å². The monoisotopic (exact) mass is 389 g/mol. The summed E-state index contributed by atoms with van der Waals surface area (Å²) in [6, 6.07) is 21.9. The standard InChI is InChI=1S/C22H19N3O4/c1-15(29-19-11-10-16-6-2-3-7-17(16)12-19)22(27)25-24-21(26)14-28-20-9-5-4-8-18(20)13-23/h2-12,15H,14H2,1H3,(H,24,26)(H,25,27)/t15-/m0/s1. The first-order chi connectivity index (χ1) is 14.1. The van der Waals surface area contributed by atoms with E-state index in [9.17, 15) is 9.59 Å². The maximum absolute atomic E-state index is 12.2. The predicted octanol–water partition coefficient (Wildman–Crippen LogP) is 2.71. The molecule has 2 amide bonds. The van der Waals surface area contributed by atoms with Crippen molar-refractivity contribution in [2.45, 2.75) is 13.0 Å². The Hall–Kier alpha value is -4.05. The number of nitrogens with one attached hydrogen (secondary N) is 2. The normalized spacial score (nSPS) is 11.2. The van der Waals surface area contributed by atoms with E-state index in [1.165, 1.54) is 0 Å². The summed E-state index contributed by atoms with van der Waals surface area (Å²) in [5.74, 6) is -0.230. The van der Waals surface area contributed by atoms with E-state index in [4.69, 9.17) is 14.7 Å². The SMILES string of the molecule is C[C@H](Oc1ccc2ccccc2c1)C(=O)NNC(=O)COc1ccccc1C#N. The topological polar surface area (TPSA) is 100 Å². The van der Waals surface area contributed by atoms with Crippen LogP contribution in [0.4, 0.5) is 0 Å². The minimum Gasteiger partial charge on any atom is -0.482 e. The van der Waals surface area contributed by atoms with Crippen LogP contribution in [-0.4, -0.2) is 24.5 Å². The third kappa shape index (κ3) is 5.23. The Morgan fingerprint density at radius 3 is 2.52 bits per heavy atom. The molecule has 0 aliphatic carbocycles. The summed E-state index contributed by atoms with van der Waals surface area (Å²) in [4.78, 5) is 24.0. The molecule has 0 fully saturated rings. The molecule has 0 radical (unpaired) electrons. The summed E-state index contributed by atoms with van der Waals surface area (Å²) in [6.45, 7) is 1.23. The highest BCUT2D eigenvalue weighted by atomic mass is 16.5. The number of hydrogen-bond acceptors (Lipinski definition) is 5. The zero-order valence-electron chi connectivity index (χ0n) is 15.7. The van der Waals surface area contributed by atoms with Crippen molar-refractivity contribution in [3.8, 4) is 17.6 Å². The molecule has 7 nitrogen and oxygen atoms in total. The van der Waals surface area contributed by atoms with Gasteiger partial charge in [0, 0.05) is 0 Å². The van der Waals surface area contributed by atoms with Gasteiger partial charge in [0.1, 0.15) is 17.6 Å². The van der Waals surface area contributed by atoms with Gasteiger partial charge >= 0.3 is 0 Å². The lowest BCUT2D eigenvalue weighted by atomic mass is 10.1. The highest BCUT2D eigenvalue weighted by molar-refractivity contribution is 5.86. The zero-order valence-corrected chi connectivity index (χ0v) is 15.7. The smallest absolute Gasteiger partial charge is 0.279 e. The Morgan fingerprint density at radius 2 is 1.72 bits per heavy atom. The molecule has 29 heavy (non-hydrogen) atoms. The molecule has 3 aromatic carbocycles. The zero-order chi connectivity index (χ0) is 20.6. The Kier molecular flexibility index (Phi) is 6.28. The molecule has 0 saturated heterocycles. The van der Waals surface area contributed by atoms with Crippen LogP contribution >= 0.6 is 0 Å². The number of carbonyl (C=O) groups is 2. The average Bonchev–Trinajstić information content (AvgIpc) is 2.76. The van der Waals surface area contributed by atoms with E-state index in [0.29, 0.717) is 17.1 Å². The van der Waals surface area contributed by atoms with Crippen LogP contribution in [0.15, 0.2) is 66.7 Å². The van der Waals surface area contributed by atoms with Gasteiger partial charge in [-0.15, -0.1) is 0 Å². The molecule has 1 atom stereocenters. The third-order valence-electron chi connectivity index (χ3n) is 4.09. The average molecular weight is 389 g/mol. The lowest BCUT2D eigenvalue weighted by Crippen LogP contribution is -2.48. The molecule has 3 aromatic rings. The fourth-order valence-electron chi connectivity index (χ4n) is 2.60. The second-order valence-electron chi connectivity index (χ2n) is 6.20. The van der Waals surface area contributed by atoms with Crippen LogP contribution < -0.4 is 20.3 Å². The fourth-order valence-corrected chi connectivity index (χ4v) is 2.60. The number of hydrazine groups is 1. The minimum absolute atomic E-state index is 0.296. The lowest BCUT2D eigenvalue weighted by molar-refractivity contribution is -0.133. The highest BCUT2D eigenvalue weighted by Gasteiger charge is 2.16. The van der Waals surface area contributed by atoms with Crippen molar-refractivity contribution in [3.63, 3.8) is 0 Å². The number of nitriles is 1. The third-order valence-corrected chi connectivity index (χ3v) is 4.09. The van der Waals surface area contributed by atoms with E-state index < -0.39 is 17.9 Å². The maximum Gasteiger partial charge on any atom is 0.279 e. The van der Waals surface area contributed by atoms with Crippen molar-refractivity contribution < 1.29 is 19.1 Å². The summed E-state index contributed by atoms with van der Waals surface area (Å²) >= 11 is 0. The Balaban J connectivity index is 1.47. The van der Waals surface area contributed by atoms with Crippen LogP contribution in [-0.2, 0) is 9.59 Å². The Morgan fingerprint density at radius 1 is 1.00 bits per heavy atom. The molecule has 0 aliphatic rings. The number of carbonyl (C=O) groups excluding carboxylic acids is 2. The van der Waals surface area contributed by atoms with Crippen LogP contribution in [0.25, 0.3) is 10.8 Å². The van der Waals surface area contributed by atoms with Crippen molar-refractivity contribution in [2.24, 2.45) is 0 Å². The molecule has 0 unspecified atom stereocenters. The maximum atomic E-state index is 12.2. The summed E-state index contributed by atoms with van der Waals surface area (Å²) in [5.41, 5.74) is 4.88. The number of hydrogen-bond donors (Lipinski definition) is 2. The second kappa shape index (κ2) is 9.24. The fraction of sp³-hybridized carbons (Fsp3) is 0.136. The van der Waals surface area contributed by atoms with E-state index in [2.05, 4.69) is 10.9 Å². The first-order valence-electron chi connectivity index (χ1n) is 8.93. The largest absolute Gasteiger partial charge is 0.482 e. The molecule has 0 heterocycles. The molecule has 3 rings (SSSR count). The van der Waals surface area contributed by atoms with Crippen molar-refractivity contribution in [3.05, 3.63) is 72.3 Å². The Labute approximate surface area is 167 Å². The molecule has 0 aliphatic heterocycles. The van der Waals surface area contributed by atoms with Crippen LogP contribution in [0.2, 0.25) is 0 Å². The molecule has 0 saturated carbocycles. The summed E-state index contributed by atoms with van der Waals surface area (Å²) in [6.07, 6.45) is -0.823. The Bertz CT molecular complexity index is 1070. The van der Waals surface area contributed by atoms with E-state index in [1.807, 2.05) is 42.5 Å². The molecule has 7 heteroatoms. The van der Waals surface area contributed by atoms with E-state index in [-0.39, 0.29) is 6.61 Å². The van der Waals surface area contributed by atoms with Gasteiger partial charge in [-0.25, -0.2) is 0 Å². The van der Waals surface area contributed by atoms with Crippen LogP contribution in [0, 0.1) is 11.3 Å². The number of rotatable bonds is 6. The van der Waals surface area contributed by atoms with Gasteiger partial charge in [0.05, 0.1) is 5.56 Å². The number of ether oxygens (including phenoxy) is 2. The van der Waals surface area contributed by atoms with Gasteiger partial charge in [-0.3, -0.25) is 20.4 Å². The van der Waals surface area contributed by atoms with Crippen LogP contribution in [0.5, 0.6) is 11.5 Å². The second-order valence-corrected chi connectivity index (χ2v) is 6.20. The molecule has 146 valence electrons.